The second-order valence-electron chi connectivity index (χ2n) is 3.94. The number of thiazole rings is 1. The van der Waals surface area contributed by atoms with Gasteiger partial charge in [-0.3, -0.25) is 4.79 Å². The van der Waals surface area contributed by atoms with Crippen molar-refractivity contribution in [3.8, 4) is 11.5 Å². The van der Waals surface area contributed by atoms with Crippen LogP contribution in [0, 0.1) is 0 Å². The smallest absolute Gasteiger partial charge is 0.255 e. The highest BCUT2D eigenvalue weighted by molar-refractivity contribution is 7.09. The number of amides is 1. The monoisotopic (exact) mass is 276 g/mol. The Hall–Kier alpha value is -2.08. The van der Waals surface area contributed by atoms with Gasteiger partial charge in [0, 0.05) is 11.6 Å². The van der Waals surface area contributed by atoms with E-state index in [0.717, 1.165) is 5.01 Å². The standard InChI is InChI=1S/C13H12N2O3S/c16-13(15-8-11-14-4-7-19-11)9-2-1-3-10-12(9)18-6-5-17-10/h1-4,7H,5-6,8H2,(H,15,16). The number of hydrogen-bond donors (Lipinski definition) is 1. The summed E-state index contributed by atoms with van der Waals surface area (Å²) in [5.41, 5.74) is 0.494. The maximum Gasteiger partial charge on any atom is 0.255 e. The van der Waals surface area contributed by atoms with E-state index in [1.54, 1.807) is 24.4 Å². The van der Waals surface area contributed by atoms with Crippen molar-refractivity contribution in [2.24, 2.45) is 0 Å². The van der Waals surface area contributed by atoms with Crippen LogP contribution in [-0.2, 0) is 6.54 Å². The summed E-state index contributed by atoms with van der Waals surface area (Å²) in [5.74, 6) is 0.955. The third-order valence-electron chi connectivity index (χ3n) is 2.69. The molecule has 0 fully saturated rings. The van der Waals surface area contributed by atoms with Crippen molar-refractivity contribution in [3.63, 3.8) is 0 Å². The van der Waals surface area contributed by atoms with Crippen molar-refractivity contribution in [2.45, 2.75) is 6.54 Å². The lowest BCUT2D eigenvalue weighted by atomic mass is 10.1. The summed E-state index contributed by atoms with van der Waals surface area (Å²) >= 11 is 1.51. The first-order valence-corrected chi connectivity index (χ1v) is 6.78. The minimum atomic E-state index is -0.183. The molecule has 2 aromatic rings. The van der Waals surface area contributed by atoms with Crippen LogP contribution < -0.4 is 14.8 Å². The topological polar surface area (TPSA) is 60.5 Å². The molecular weight excluding hydrogens is 264 g/mol. The highest BCUT2D eigenvalue weighted by Crippen LogP contribution is 2.33. The summed E-state index contributed by atoms with van der Waals surface area (Å²) in [6.45, 7) is 1.39. The predicted octanol–water partition coefficient (Wildman–Crippen LogP) is 1.84. The molecule has 0 bridgehead atoms. The van der Waals surface area contributed by atoms with E-state index in [1.807, 2.05) is 5.38 Å². The van der Waals surface area contributed by atoms with Crippen LogP contribution >= 0.6 is 11.3 Å². The van der Waals surface area contributed by atoms with Crippen molar-refractivity contribution in [2.75, 3.05) is 13.2 Å². The minimum absolute atomic E-state index is 0.183. The van der Waals surface area contributed by atoms with Crippen molar-refractivity contribution in [1.29, 1.82) is 0 Å². The van der Waals surface area contributed by atoms with Gasteiger partial charge in [-0.25, -0.2) is 4.98 Å². The quantitative estimate of drug-likeness (QED) is 0.929. The Kier molecular flexibility index (Phi) is 3.33. The molecule has 2 heterocycles. The second kappa shape index (κ2) is 5.27. The summed E-state index contributed by atoms with van der Waals surface area (Å²) in [7, 11) is 0. The molecule has 0 radical (unpaired) electrons. The van der Waals surface area contributed by atoms with Gasteiger partial charge in [-0.05, 0) is 12.1 Å². The number of aromatic nitrogens is 1. The van der Waals surface area contributed by atoms with E-state index in [2.05, 4.69) is 10.3 Å². The fraction of sp³-hybridized carbons (Fsp3) is 0.231. The van der Waals surface area contributed by atoms with Crippen LogP contribution in [0.2, 0.25) is 0 Å². The van der Waals surface area contributed by atoms with Crippen LogP contribution in [0.4, 0.5) is 0 Å². The van der Waals surface area contributed by atoms with Crippen molar-refractivity contribution in [3.05, 3.63) is 40.3 Å². The van der Waals surface area contributed by atoms with E-state index in [9.17, 15) is 4.79 Å². The highest BCUT2D eigenvalue weighted by atomic mass is 32.1. The first kappa shape index (κ1) is 12.0. The SMILES string of the molecule is O=C(NCc1nccs1)c1cccc2c1OCCO2. The van der Waals surface area contributed by atoms with Gasteiger partial charge in [0.05, 0.1) is 12.1 Å². The van der Waals surface area contributed by atoms with Crippen molar-refractivity contribution < 1.29 is 14.3 Å². The van der Waals surface area contributed by atoms with Gasteiger partial charge in [-0.15, -0.1) is 11.3 Å². The first-order valence-electron chi connectivity index (χ1n) is 5.90. The Bertz CT molecular complexity index is 584. The number of hydrogen-bond acceptors (Lipinski definition) is 5. The van der Waals surface area contributed by atoms with E-state index in [0.29, 0.717) is 36.8 Å². The zero-order chi connectivity index (χ0) is 13.1. The number of carbonyl (C=O) groups is 1. The van der Waals surface area contributed by atoms with Crippen LogP contribution in [0.25, 0.3) is 0 Å². The molecule has 1 N–H and O–H groups in total. The second-order valence-corrected chi connectivity index (χ2v) is 4.92. The third kappa shape index (κ3) is 2.53. The van der Waals surface area contributed by atoms with Gasteiger partial charge in [-0.2, -0.15) is 0 Å². The molecule has 98 valence electrons. The zero-order valence-electron chi connectivity index (χ0n) is 10.1. The molecule has 0 spiro atoms. The summed E-state index contributed by atoms with van der Waals surface area (Å²) in [6.07, 6.45) is 1.72. The molecule has 0 saturated heterocycles. The molecule has 0 unspecified atom stereocenters. The summed E-state index contributed by atoms with van der Waals surface area (Å²) in [6, 6.07) is 5.31. The number of carbonyl (C=O) groups excluding carboxylic acids is 1. The Morgan fingerprint density at radius 3 is 3.11 bits per heavy atom. The Labute approximate surface area is 114 Å². The lowest BCUT2D eigenvalue weighted by Crippen LogP contribution is -2.25. The minimum Gasteiger partial charge on any atom is -0.486 e. The van der Waals surface area contributed by atoms with E-state index in [4.69, 9.17) is 9.47 Å². The van der Waals surface area contributed by atoms with Crippen molar-refractivity contribution in [1.82, 2.24) is 10.3 Å². The van der Waals surface area contributed by atoms with Crippen LogP contribution in [0.3, 0.4) is 0 Å². The number of fused-ring (bicyclic) bond motifs is 1. The van der Waals surface area contributed by atoms with Gasteiger partial charge in [-0.1, -0.05) is 6.07 Å². The number of para-hydroxylation sites is 1. The number of rotatable bonds is 3. The van der Waals surface area contributed by atoms with Gasteiger partial charge < -0.3 is 14.8 Å². The normalized spacial score (nSPS) is 13.1. The molecule has 19 heavy (non-hydrogen) atoms. The average Bonchev–Trinajstić information content (AvgIpc) is 2.97. The highest BCUT2D eigenvalue weighted by Gasteiger charge is 2.20. The van der Waals surface area contributed by atoms with Crippen LogP contribution in [0.5, 0.6) is 11.5 Å². The fourth-order valence-corrected chi connectivity index (χ4v) is 2.40. The zero-order valence-corrected chi connectivity index (χ0v) is 10.9. The first-order chi connectivity index (χ1) is 9.34. The predicted molar refractivity (Wildman–Crippen MR) is 70.7 cm³/mol. The van der Waals surface area contributed by atoms with Gasteiger partial charge in [0.15, 0.2) is 11.5 Å². The lowest BCUT2D eigenvalue weighted by Gasteiger charge is -2.20. The molecular formula is C13H12N2O3S. The lowest BCUT2D eigenvalue weighted by molar-refractivity contribution is 0.0939. The largest absolute Gasteiger partial charge is 0.486 e. The summed E-state index contributed by atoms with van der Waals surface area (Å²) in [4.78, 5) is 16.3. The molecule has 0 atom stereocenters. The molecule has 1 aromatic carbocycles. The van der Waals surface area contributed by atoms with E-state index in [1.165, 1.54) is 11.3 Å². The molecule has 5 nitrogen and oxygen atoms in total. The van der Waals surface area contributed by atoms with Gasteiger partial charge in [0.25, 0.3) is 5.91 Å². The molecule has 3 rings (SSSR count). The average molecular weight is 276 g/mol. The van der Waals surface area contributed by atoms with Gasteiger partial charge >= 0.3 is 0 Å². The van der Waals surface area contributed by atoms with Crippen molar-refractivity contribution >= 4 is 17.2 Å². The number of nitrogens with zero attached hydrogens (tertiary/aromatic N) is 1. The summed E-state index contributed by atoms with van der Waals surface area (Å²) in [5, 5.41) is 5.57. The van der Waals surface area contributed by atoms with E-state index >= 15 is 0 Å². The van der Waals surface area contributed by atoms with Gasteiger partial charge in [0.1, 0.15) is 18.2 Å². The Morgan fingerprint density at radius 1 is 1.37 bits per heavy atom. The molecule has 0 aliphatic carbocycles. The third-order valence-corrected chi connectivity index (χ3v) is 3.47. The Morgan fingerprint density at radius 2 is 2.26 bits per heavy atom. The molecule has 1 aliphatic rings. The van der Waals surface area contributed by atoms with E-state index in [-0.39, 0.29) is 5.91 Å². The fourth-order valence-electron chi connectivity index (χ4n) is 1.84. The van der Waals surface area contributed by atoms with Crippen LogP contribution in [0.1, 0.15) is 15.4 Å². The molecule has 6 heteroatoms. The Balaban J connectivity index is 1.76. The number of nitrogens with one attached hydrogen (secondary N) is 1. The van der Waals surface area contributed by atoms with Crippen LogP contribution in [-0.4, -0.2) is 24.1 Å². The number of benzene rings is 1. The molecule has 1 amide bonds. The maximum atomic E-state index is 12.1. The van der Waals surface area contributed by atoms with E-state index < -0.39 is 0 Å². The van der Waals surface area contributed by atoms with Crippen LogP contribution in [0.15, 0.2) is 29.8 Å². The number of ether oxygens (including phenoxy) is 2. The molecule has 1 aliphatic heterocycles. The molecule has 1 aromatic heterocycles. The maximum absolute atomic E-state index is 12.1. The summed E-state index contributed by atoms with van der Waals surface area (Å²) < 4.78 is 11.0. The molecule has 0 saturated carbocycles. The van der Waals surface area contributed by atoms with Gasteiger partial charge in [0.2, 0.25) is 0 Å².